The van der Waals surface area contributed by atoms with Crippen molar-refractivity contribution in [3.8, 4) is 0 Å². The van der Waals surface area contributed by atoms with Crippen LogP contribution in [0.3, 0.4) is 0 Å². The van der Waals surface area contributed by atoms with Crippen LogP contribution in [0.5, 0.6) is 0 Å². The van der Waals surface area contributed by atoms with E-state index in [1.54, 1.807) is 6.92 Å². The second-order valence-electron chi connectivity index (χ2n) is 7.83. The van der Waals surface area contributed by atoms with E-state index in [4.69, 9.17) is 4.52 Å². The number of aromatic nitrogens is 2. The maximum absolute atomic E-state index is 12.3. The number of carbonyl (C=O) groups excluding carboxylic acids is 1. The average Bonchev–Trinajstić information content (AvgIpc) is 3.07. The first kappa shape index (κ1) is 17.0. The Kier molecular flexibility index (Phi) is 3.91. The van der Waals surface area contributed by atoms with Crippen molar-refractivity contribution in [3.63, 3.8) is 0 Å². The highest BCUT2D eigenvalue weighted by Crippen LogP contribution is 2.50. The van der Waals surface area contributed by atoms with Gasteiger partial charge in [0.2, 0.25) is 21.8 Å². The lowest BCUT2D eigenvalue weighted by molar-refractivity contribution is -0.128. The highest BCUT2D eigenvalue weighted by atomic mass is 32.2. The van der Waals surface area contributed by atoms with Gasteiger partial charge < -0.3 is 9.84 Å². The molecule has 1 aliphatic heterocycles. The lowest BCUT2D eigenvalue weighted by Crippen LogP contribution is -2.42. The lowest BCUT2D eigenvalue weighted by atomic mass is 9.80. The molecule has 9 heteroatoms. The zero-order valence-electron chi connectivity index (χ0n) is 14.6. The Morgan fingerprint density at radius 2 is 2.16 bits per heavy atom. The van der Waals surface area contributed by atoms with Crippen LogP contribution < -0.4 is 5.32 Å². The molecule has 25 heavy (non-hydrogen) atoms. The molecule has 1 amide bonds. The number of nitrogens with one attached hydrogen (secondary N) is 1. The molecule has 1 unspecified atom stereocenters. The van der Waals surface area contributed by atoms with Crippen molar-refractivity contribution in [3.05, 3.63) is 11.7 Å². The molecule has 1 aromatic heterocycles. The lowest BCUT2D eigenvalue weighted by Gasteiger charge is -2.27. The van der Waals surface area contributed by atoms with Crippen molar-refractivity contribution < 1.29 is 17.7 Å². The van der Waals surface area contributed by atoms with E-state index in [-0.39, 0.29) is 23.8 Å². The fraction of sp³-hybridized carbons (Fsp3) is 0.812. The summed E-state index contributed by atoms with van der Waals surface area (Å²) in [6.45, 7) is 2.54. The van der Waals surface area contributed by atoms with Crippen LogP contribution in [0.2, 0.25) is 0 Å². The SMILES string of the molecule is Cc1noc([C@]23C[C@H](NC(=O)C4CCC4)CC2CN(S(C)(=O)=O)C3)n1. The van der Waals surface area contributed by atoms with E-state index in [1.165, 1.54) is 10.6 Å². The summed E-state index contributed by atoms with van der Waals surface area (Å²) >= 11 is 0. The van der Waals surface area contributed by atoms with Gasteiger partial charge in [0.25, 0.3) is 0 Å². The molecule has 1 N–H and O–H groups in total. The fourth-order valence-corrected chi connectivity index (χ4v) is 5.42. The van der Waals surface area contributed by atoms with Crippen LogP contribution in [0.4, 0.5) is 0 Å². The summed E-state index contributed by atoms with van der Waals surface area (Å²) in [4.78, 5) is 16.7. The van der Waals surface area contributed by atoms with Crippen LogP contribution in [-0.2, 0) is 20.2 Å². The van der Waals surface area contributed by atoms with Crippen LogP contribution in [0, 0.1) is 18.8 Å². The zero-order valence-corrected chi connectivity index (χ0v) is 15.4. The Morgan fingerprint density at radius 3 is 2.72 bits per heavy atom. The van der Waals surface area contributed by atoms with Gasteiger partial charge in [-0.25, -0.2) is 12.7 Å². The van der Waals surface area contributed by atoms with Gasteiger partial charge in [0.05, 0.1) is 11.7 Å². The predicted octanol–water partition coefficient (Wildman–Crippen LogP) is 0.586. The minimum absolute atomic E-state index is 0.0343. The van der Waals surface area contributed by atoms with Crippen molar-refractivity contribution in [1.82, 2.24) is 19.8 Å². The van der Waals surface area contributed by atoms with Gasteiger partial charge in [0.15, 0.2) is 5.82 Å². The molecule has 3 atom stereocenters. The molecule has 0 bridgehead atoms. The van der Waals surface area contributed by atoms with E-state index in [2.05, 4.69) is 15.5 Å². The number of amides is 1. The summed E-state index contributed by atoms with van der Waals surface area (Å²) in [5.74, 6) is 1.40. The van der Waals surface area contributed by atoms with E-state index in [1.807, 2.05) is 0 Å². The number of fused-ring (bicyclic) bond motifs is 1. The van der Waals surface area contributed by atoms with Crippen LogP contribution >= 0.6 is 0 Å². The highest BCUT2D eigenvalue weighted by molar-refractivity contribution is 7.88. The van der Waals surface area contributed by atoms with E-state index in [0.717, 1.165) is 25.7 Å². The molecular weight excluding hydrogens is 344 g/mol. The summed E-state index contributed by atoms with van der Waals surface area (Å²) < 4.78 is 31.0. The van der Waals surface area contributed by atoms with Crippen LogP contribution in [0.1, 0.15) is 43.8 Å². The molecule has 1 aromatic rings. The standard InChI is InChI=1S/C16H24N4O4S/c1-10-17-15(24-19-10)16-7-13(18-14(21)11-4-3-5-11)6-12(16)8-20(9-16)25(2,22)23/h11-13H,3-9H2,1-2H3,(H,18,21)/t12?,13-,16+/m1/s1. The molecular formula is C16H24N4O4S. The predicted molar refractivity (Wildman–Crippen MR) is 89.1 cm³/mol. The first-order chi connectivity index (χ1) is 11.8. The molecule has 3 aliphatic rings. The number of hydrogen-bond acceptors (Lipinski definition) is 6. The Labute approximate surface area is 147 Å². The van der Waals surface area contributed by atoms with Gasteiger partial charge in [-0.2, -0.15) is 4.98 Å². The van der Waals surface area contributed by atoms with Gasteiger partial charge in [0, 0.05) is 25.0 Å². The van der Waals surface area contributed by atoms with Crippen LogP contribution in [0.15, 0.2) is 4.52 Å². The molecule has 8 nitrogen and oxygen atoms in total. The third kappa shape index (κ3) is 2.87. The van der Waals surface area contributed by atoms with E-state index in [0.29, 0.717) is 31.2 Å². The van der Waals surface area contributed by atoms with Gasteiger partial charge in [0.1, 0.15) is 0 Å². The largest absolute Gasteiger partial charge is 0.353 e. The molecule has 0 radical (unpaired) electrons. The van der Waals surface area contributed by atoms with Crippen molar-refractivity contribution in [2.45, 2.75) is 50.5 Å². The third-order valence-corrected chi connectivity index (χ3v) is 7.30. The second-order valence-corrected chi connectivity index (χ2v) is 9.81. The number of nitrogens with zero attached hydrogens (tertiary/aromatic N) is 3. The minimum Gasteiger partial charge on any atom is -0.353 e. The van der Waals surface area contributed by atoms with Gasteiger partial charge >= 0.3 is 0 Å². The summed E-state index contributed by atoms with van der Waals surface area (Å²) in [6.07, 6.45) is 5.68. The quantitative estimate of drug-likeness (QED) is 0.834. The van der Waals surface area contributed by atoms with Crippen molar-refractivity contribution in [1.29, 1.82) is 0 Å². The maximum atomic E-state index is 12.3. The summed E-state index contributed by atoms with van der Waals surface area (Å²) in [5, 5.41) is 7.07. The summed E-state index contributed by atoms with van der Waals surface area (Å²) in [6, 6.07) is 0.0343. The Hall–Kier alpha value is -1.48. The molecule has 1 saturated heterocycles. The van der Waals surface area contributed by atoms with E-state index in [9.17, 15) is 13.2 Å². The first-order valence-corrected chi connectivity index (χ1v) is 10.7. The number of hydrogen-bond donors (Lipinski definition) is 1. The van der Waals surface area contributed by atoms with Gasteiger partial charge in [-0.3, -0.25) is 4.79 Å². The van der Waals surface area contributed by atoms with Crippen LogP contribution in [-0.4, -0.2) is 54.2 Å². The zero-order chi connectivity index (χ0) is 17.8. The molecule has 2 heterocycles. The Bertz CT molecular complexity index is 788. The molecule has 2 aliphatic carbocycles. The van der Waals surface area contributed by atoms with Gasteiger partial charge in [-0.15, -0.1) is 0 Å². The molecule has 3 fully saturated rings. The van der Waals surface area contributed by atoms with E-state index >= 15 is 0 Å². The fourth-order valence-electron chi connectivity index (χ4n) is 4.51. The number of carbonyl (C=O) groups is 1. The number of rotatable bonds is 4. The maximum Gasteiger partial charge on any atom is 0.234 e. The van der Waals surface area contributed by atoms with Crippen LogP contribution in [0.25, 0.3) is 0 Å². The number of aryl methyl sites for hydroxylation is 1. The molecule has 0 spiro atoms. The third-order valence-electron chi connectivity index (χ3n) is 6.09. The molecule has 0 aromatic carbocycles. The monoisotopic (exact) mass is 368 g/mol. The molecule has 138 valence electrons. The number of sulfonamides is 1. The average molecular weight is 368 g/mol. The summed E-state index contributed by atoms with van der Waals surface area (Å²) in [5.41, 5.74) is -0.498. The highest BCUT2D eigenvalue weighted by Gasteiger charge is 2.59. The molecule has 2 saturated carbocycles. The smallest absolute Gasteiger partial charge is 0.234 e. The topological polar surface area (TPSA) is 105 Å². The van der Waals surface area contributed by atoms with Crippen molar-refractivity contribution in [2.75, 3.05) is 19.3 Å². The Morgan fingerprint density at radius 1 is 1.40 bits per heavy atom. The Balaban J connectivity index is 1.57. The van der Waals surface area contributed by atoms with Gasteiger partial charge in [-0.1, -0.05) is 11.6 Å². The van der Waals surface area contributed by atoms with Gasteiger partial charge in [-0.05, 0) is 38.5 Å². The normalized spacial score (nSPS) is 33.2. The first-order valence-electron chi connectivity index (χ1n) is 8.84. The minimum atomic E-state index is -3.28. The second kappa shape index (κ2) is 5.77. The van der Waals surface area contributed by atoms with Crippen molar-refractivity contribution in [2.24, 2.45) is 11.8 Å². The van der Waals surface area contributed by atoms with Crippen molar-refractivity contribution >= 4 is 15.9 Å². The molecule has 4 rings (SSSR count). The van der Waals surface area contributed by atoms with E-state index < -0.39 is 15.4 Å². The summed E-state index contributed by atoms with van der Waals surface area (Å²) in [7, 11) is -3.28.